The van der Waals surface area contributed by atoms with E-state index < -0.39 is 17.9 Å². The lowest BCUT2D eigenvalue weighted by Crippen LogP contribution is -2.45. The molecular weight excluding hydrogens is 410 g/mol. The number of amides is 1. The number of carboxylic acid groups (broad SMARTS) is 1. The van der Waals surface area contributed by atoms with Crippen molar-refractivity contribution in [3.63, 3.8) is 0 Å². The maximum atomic E-state index is 12.7. The first-order valence-corrected chi connectivity index (χ1v) is 8.94. The first-order valence-electron chi connectivity index (χ1n) is 7.77. The Bertz CT molecular complexity index is 901. The fourth-order valence-corrected chi connectivity index (χ4v) is 4.02. The number of hydrogen-bond donors (Lipinski definition) is 1. The van der Waals surface area contributed by atoms with E-state index >= 15 is 0 Å². The zero-order valence-corrected chi connectivity index (χ0v) is 15.3. The summed E-state index contributed by atoms with van der Waals surface area (Å²) in [5.74, 6) is -0.768. The first-order chi connectivity index (χ1) is 12.0. The molecule has 25 heavy (non-hydrogen) atoms. The third kappa shape index (κ3) is 2.69. The van der Waals surface area contributed by atoms with E-state index in [0.29, 0.717) is 34.2 Å². The summed E-state index contributed by atoms with van der Waals surface area (Å²) in [5.41, 5.74) is 1.18. The zero-order valence-electron chi connectivity index (χ0n) is 12.9. The van der Waals surface area contributed by atoms with Crippen LogP contribution in [0.2, 0.25) is 5.02 Å². The van der Waals surface area contributed by atoms with Gasteiger partial charge in [-0.15, -0.1) is 0 Å². The van der Waals surface area contributed by atoms with Gasteiger partial charge >= 0.3 is 5.97 Å². The summed E-state index contributed by atoms with van der Waals surface area (Å²) in [5, 5.41) is 10.2. The van der Waals surface area contributed by atoms with Crippen LogP contribution in [0.3, 0.4) is 0 Å². The molecular formula is C18H13BrClNO4. The van der Waals surface area contributed by atoms with E-state index in [0.717, 1.165) is 4.47 Å². The van der Waals surface area contributed by atoms with Gasteiger partial charge in [0, 0.05) is 21.5 Å². The van der Waals surface area contributed by atoms with Gasteiger partial charge in [0.1, 0.15) is 5.75 Å². The van der Waals surface area contributed by atoms with Crippen LogP contribution in [0.4, 0.5) is 5.69 Å². The van der Waals surface area contributed by atoms with Crippen molar-refractivity contribution in [2.75, 3.05) is 4.90 Å². The molecule has 2 heterocycles. The summed E-state index contributed by atoms with van der Waals surface area (Å²) in [6.07, 6.45) is 0.464. The normalized spacial score (nSPS) is 21.5. The van der Waals surface area contributed by atoms with Crippen LogP contribution in [0.1, 0.15) is 24.4 Å². The van der Waals surface area contributed by atoms with Crippen molar-refractivity contribution in [3.05, 3.63) is 51.5 Å². The molecule has 0 bridgehead atoms. The molecule has 2 atom stereocenters. The van der Waals surface area contributed by atoms with Gasteiger partial charge in [0.15, 0.2) is 5.75 Å². The van der Waals surface area contributed by atoms with E-state index in [2.05, 4.69) is 15.9 Å². The Kier molecular flexibility index (Phi) is 3.96. The minimum Gasteiger partial charge on any atom is -0.481 e. The summed E-state index contributed by atoms with van der Waals surface area (Å²) < 4.78 is 6.84. The zero-order chi connectivity index (χ0) is 17.7. The van der Waals surface area contributed by atoms with Gasteiger partial charge in [-0.1, -0.05) is 33.6 Å². The number of carbonyl (C=O) groups is 2. The molecule has 2 aromatic carbocycles. The highest BCUT2D eigenvalue weighted by molar-refractivity contribution is 9.10. The quantitative estimate of drug-likeness (QED) is 0.718. The highest BCUT2D eigenvalue weighted by Gasteiger charge is 2.45. The first kappa shape index (κ1) is 16.4. The number of ether oxygens (including phenoxy) is 1. The highest BCUT2D eigenvalue weighted by Crippen LogP contribution is 2.50. The molecule has 5 nitrogen and oxygen atoms in total. The molecule has 0 unspecified atom stereocenters. The lowest BCUT2D eigenvalue weighted by atomic mass is 9.83. The van der Waals surface area contributed by atoms with Crippen LogP contribution >= 0.6 is 27.5 Å². The molecule has 2 aliphatic rings. The van der Waals surface area contributed by atoms with Gasteiger partial charge in [-0.25, -0.2) is 0 Å². The summed E-state index contributed by atoms with van der Waals surface area (Å²) in [4.78, 5) is 26.1. The molecule has 1 amide bonds. The molecule has 1 fully saturated rings. The van der Waals surface area contributed by atoms with Gasteiger partial charge in [0.05, 0.1) is 17.6 Å². The molecule has 4 rings (SSSR count). The lowest BCUT2D eigenvalue weighted by molar-refractivity contribution is -0.144. The second-order valence-electron chi connectivity index (χ2n) is 6.09. The number of aliphatic carboxylic acids is 1. The van der Waals surface area contributed by atoms with E-state index in [9.17, 15) is 14.7 Å². The fraction of sp³-hybridized carbons (Fsp3) is 0.222. The average Bonchev–Trinajstić information content (AvgIpc) is 2.69. The Morgan fingerprint density at radius 1 is 1.24 bits per heavy atom. The van der Waals surface area contributed by atoms with Gasteiger partial charge in [0.2, 0.25) is 5.91 Å². The van der Waals surface area contributed by atoms with Crippen LogP contribution in [-0.2, 0) is 9.59 Å². The largest absolute Gasteiger partial charge is 0.481 e. The number of fused-ring (bicyclic) bond motifs is 5. The number of carboxylic acids is 1. The monoisotopic (exact) mass is 421 g/mol. The number of hydrogen-bond acceptors (Lipinski definition) is 3. The third-order valence-electron chi connectivity index (χ3n) is 4.61. The van der Waals surface area contributed by atoms with Gasteiger partial charge in [-0.2, -0.15) is 0 Å². The molecule has 2 aliphatic heterocycles. The number of anilines is 1. The van der Waals surface area contributed by atoms with Gasteiger partial charge < -0.3 is 14.7 Å². The van der Waals surface area contributed by atoms with Crippen LogP contribution in [0.15, 0.2) is 40.9 Å². The van der Waals surface area contributed by atoms with Crippen LogP contribution in [0.25, 0.3) is 0 Å². The summed E-state index contributed by atoms with van der Waals surface area (Å²) in [7, 11) is 0. The minimum atomic E-state index is -0.929. The van der Waals surface area contributed by atoms with E-state index in [-0.39, 0.29) is 12.3 Å². The maximum absolute atomic E-state index is 12.7. The van der Waals surface area contributed by atoms with Crippen molar-refractivity contribution in [2.45, 2.75) is 18.9 Å². The molecule has 0 aromatic heterocycles. The van der Waals surface area contributed by atoms with E-state index in [1.807, 2.05) is 6.07 Å². The molecule has 128 valence electrons. The van der Waals surface area contributed by atoms with Crippen molar-refractivity contribution in [2.24, 2.45) is 5.92 Å². The molecule has 0 radical (unpaired) electrons. The van der Waals surface area contributed by atoms with Crippen molar-refractivity contribution >= 4 is 45.1 Å². The van der Waals surface area contributed by atoms with E-state index in [1.54, 1.807) is 30.3 Å². The Balaban J connectivity index is 2.00. The van der Waals surface area contributed by atoms with Crippen molar-refractivity contribution < 1.29 is 19.4 Å². The molecule has 1 saturated heterocycles. The van der Waals surface area contributed by atoms with Crippen LogP contribution in [0, 0.1) is 5.92 Å². The maximum Gasteiger partial charge on any atom is 0.308 e. The number of carbonyl (C=O) groups excluding carboxylic acids is 1. The lowest BCUT2D eigenvalue weighted by Gasteiger charge is -2.38. The molecule has 7 heteroatoms. The molecule has 1 N–H and O–H groups in total. The van der Waals surface area contributed by atoms with Gasteiger partial charge in [-0.3, -0.25) is 9.59 Å². The molecule has 0 aliphatic carbocycles. The third-order valence-corrected chi connectivity index (χ3v) is 5.34. The number of halogens is 2. The average molecular weight is 423 g/mol. The molecule has 0 saturated carbocycles. The summed E-state index contributed by atoms with van der Waals surface area (Å²) in [6, 6.07) is 9.80. The van der Waals surface area contributed by atoms with Crippen LogP contribution in [-0.4, -0.2) is 17.0 Å². The van der Waals surface area contributed by atoms with Gasteiger partial charge in [0.25, 0.3) is 0 Å². The Hall–Kier alpha value is -2.05. The van der Waals surface area contributed by atoms with Gasteiger partial charge in [-0.05, 0) is 36.8 Å². The second kappa shape index (κ2) is 6.04. The second-order valence-corrected chi connectivity index (χ2v) is 7.44. The van der Waals surface area contributed by atoms with Crippen LogP contribution in [0.5, 0.6) is 11.5 Å². The summed E-state index contributed by atoms with van der Waals surface area (Å²) in [6.45, 7) is 0. The van der Waals surface area contributed by atoms with E-state index in [1.165, 1.54) is 4.90 Å². The van der Waals surface area contributed by atoms with Crippen molar-refractivity contribution in [3.8, 4) is 11.5 Å². The predicted molar refractivity (Wildman–Crippen MR) is 96.3 cm³/mol. The van der Waals surface area contributed by atoms with Crippen molar-refractivity contribution in [1.82, 2.24) is 0 Å². The standard InChI is InChI=1S/C18H13BrClNO4/c19-9-1-3-11-15(7-9)25-14-5-2-10(20)8-13(14)21-16(22)6-4-12(17(11)21)18(23)24/h1-3,5,7-8,12,17H,4,6H2,(H,23,24)/t12-,17+/m1/s1. The smallest absolute Gasteiger partial charge is 0.308 e. The Morgan fingerprint density at radius 2 is 2.04 bits per heavy atom. The topological polar surface area (TPSA) is 66.8 Å². The number of piperidine rings is 1. The molecule has 0 spiro atoms. The van der Waals surface area contributed by atoms with Crippen LogP contribution < -0.4 is 9.64 Å². The number of rotatable bonds is 1. The number of nitrogens with zero attached hydrogens (tertiary/aromatic N) is 1. The SMILES string of the molecule is O=C(O)[C@@H]1CCC(=O)N2c3cc(Cl)ccc3Oc3cc(Br)ccc3[C@@H]12. The van der Waals surface area contributed by atoms with E-state index in [4.69, 9.17) is 16.3 Å². The summed E-state index contributed by atoms with van der Waals surface area (Å²) >= 11 is 9.54. The Labute approximate surface area is 157 Å². The van der Waals surface area contributed by atoms with Crippen molar-refractivity contribution in [1.29, 1.82) is 0 Å². The highest BCUT2D eigenvalue weighted by atomic mass is 79.9. The number of benzene rings is 2. The minimum absolute atomic E-state index is 0.134. The molecule has 2 aromatic rings. The Morgan fingerprint density at radius 3 is 2.80 bits per heavy atom. The fourth-order valence-electron chi connectivity index (χ4n) is 3.52. The predicted octanol–water partition coefficient (Wildman–Crippen LogP) is 4.78.